The third kappa shape index (κ3) is 3.79. The smallest absolute Gasteiger partial charge is 0.244 e. The van der Waals surface area contributed by atoms with Gasteiger partial charge in [-0.15, -0.1) is 0 Å². The Labute approximate surface area is 123 Å². The van der Waals surface area contributed by atoms with E-state index in [4.69, 9.17) is 10.5 Å². The number of nitrogens with zero attached hydrogens (tertiary/aromatic N) is 3. The predicted molar refractivity (Wildman–Crippen MR) is 79.5 cm³/mol. The molecule has 1 aromatic carbocycles. The van der Waals surface area contributed by atoms with Crippen LogP contribution in [0, 0.1) is 0 Å². The lowest BCUT2D eigenvalue weighted by Gasteiger charge is -2.11. The van der Waals surface area contributed by atoms with E-state index >= 15 is 0 Å². The third-order valence-electron chi connectivity index (χ3n) is 3.04. The van der Waals surface area contributed by atoms with Crippen molar-refractivity contribution in [2.45, 2.75) is 13.0 Å². The largest absolute Gasteiger partial charge is 0.399 e. The highest BCUT2D eigenvalue weighted by molar-refractivity contribution is 5.79. The van der Waals surface area contributed by atoms with E-state index in [0.717, 1.165) is 5.56 Å². The predicted octanol–water partition coefficient (Wildman–Crippen LogP) is 0.851. The van der Waals surface area contributed by atoms with E-state index in [0.29, 0.717) is 24.7 Å². The van der Waals surface area contributed by atoms with Crippen LogP contribution in [0.1, 0.15) is 13.0 Å². The van der Waals surface area contributed by atoms with Crippen molar-refractivity contribution in [3.8, 4) is 11.4 Å². The summed E-state index contributed by atoms with van der Waals surface area (Å²) in [4.78, 5) is 16.2. The molecule has 7 heteroatoms. The number of ether oxygens (including phenoxy) is 1. The number of benzene rings is 1. The lowest BCUT2D eigenvalue weighted by Crippen LogP contribution is -2.33. The molecule has 1 amide bonds. The zero-order valence-corrected chi connectivity index (χ0v) is 12.1. The SMILES string of the molecule is COCCNC(=O)C(C)n1cnc(-c2cccc(N)c2)n1. The van der Waals surface area contributed by atoms with Crippen molar-refractivity contribution in [1.82, 2.24) is 20.1 Å². The topological polar surface area (TPSA) is 95.1 Å². The summed E-state index contributed by atoms with van der Waals surface area (Å²) in [7, 11) is 1.59. The molecule has 0 saturated heterocycles. The Kier molecular flexibility index (Phi) is 4.89. The molecule has 7 nitrogen and oxygen atoms in total. The molecule has 3 N–H and O–H groups in total. The molecule has 0 fully saturated rings. The number of hydrogen-bond donors (Lipinski definition) is 2. The van der Waals surface area contributed by atoms with Crippen LogP contribution in [-0.2, 0) is 9.53 Å². The number of nitrogens with two attached hydrogens (primary N) is 1. The molecule has 0 aliphatic carbocycles. The summed E-state index contributed by atoms with van der Waals surface area (Å²) in [5.41, 5.74) is 7.21. The second-order valence-electron chi connectivity index (χ2n) is 4.63. The number of hydrogen-bond acceptors (Lipinski definition) is 5. The van der Waals surface area contributed by atoms with Crippen molar-refractivity contribution in [1.29, 1.82) is 0 Å². The number of methoxy groups -OCH3 is 1. The summed E-state index contributed by atoms with van der Waals surface area (Å²) >= 11 is 0. The molecule has 1 aromatic heterocycles. The van der Waals surface area contributed by atoms with Gasteiger partial charge in [-0.05, 0) is 19.1 Å². The van der Waals surface area contributed by atoms with Gasteiger partial charge in [-0.2, -0.15) is 5.10 Å². The minimum atomic E-state index is -0.441. The molecule has 0 bridgehead atoms. The molecular formula is C14H19N5O2. The fraction of sp³-hybridized carbons (Fsp3) is 0.357. The lowest BCUT2D eigenvalue weighted by atomic mass is 10.2. The third-order valence-corrected chi connectivity index (χ3v) is 3.04. The summed E-state index contributed by atoms with van der Waals surface area (Å²) in [5, 5.41) is 7.10. The van der Waals surface area contributed by atoms with Crippen LogP contribution in [0.4, 0.5) is 5.69 Å². The van der Waals surface area contributed by atoms with Crippen LogP contribution in [0.3, 0.4) is 0 Å². The minimum Gasteiger partial charge on any atom is -0.399 e. The van der Waals surface area contributed by atoms with E-state index in [1.165, 1.54) is 4.68 Å². The average Bonchev–Trinajstić information content (AvgIpc) is 2.96. The maximum Gasteiger partial charge on any atom is 0.244 e. The van der Waals surface area contributed by atoms with Gasteiger partial charge in [0.15, 0.2) is 5.82 Å². The molecule has 0 aliphatic heterocycles. The van der Waals surface area contributed by atoms with Gasteiger partial charge in [-0.3, -0.25) is 4.79 Å². The molecule has 0 aliphatic rings. The Balaban J connectivity index is 2.07. The van der Waals surface area contributed by atoms with Gasteiger partial charge in [0, 0.05) is 24.9 Å². The molecule has 112 valence electrons. The van der Waals surface area contributed by atoms with Crippen molar-refractivity contribution < 1.29 is 9.53 Å². The van der Waals surface area contributed by atoms with E-state index in [1.807, 2.05) is 12.1 Å². The second kappa shape index (κ2) is 6.85. The first kappa shape index (κ1) is 15.0. The normalized spacial score (nSPS) is 12.1. The van der Waals surface area contributed by atoms with Gasteiger partial charge < -0.3 is 15.8 Å². The second-order valence-corrected chi connectivity index (χ2v) is 4.63. The summed E-state index contributed by atoms with van der Waals surface area (Å²) < 4.78 is 6.42. The Bertz CT molecular complexity index is 611. The monoisotopic (exact) mass is 289 g/mol. The fourth-order valence-electron chi connectivity index (χ4n) is 1.82. The van der Waals surface area contributed by atoms with Crippen LogP contribution in [0.15, 0.2) is 30.6 Å². The summed E-state index contributed by atoms with van der Waals surface area (Å²) in [6, 6.07) is 6.87. The number of rotatable bonds is 6. The van der Waals surface area contributed by atoms with Gasteiger partial charge in [-0.1, -0.05) is 12.1 Å². The molecule has 1 atom stereocenters. The van der Waals surface area contributed by atoms with Crippen LogP contribution in [0.25, 0.3) is 11.4 Å². The van der Waals surface area contributed by atoms with E-state index < -0.39 is 6.04 Å². The van der Waals surface area contributed by atoms with Gasteiger partial charge in [0.2, 0.25) is 5.91 Å². The Morgan fingerprint density at radius 1 is 1.52 bits per heavy atom. The number of aromatic nitrogens is 3. The van der Waals surface area contributed by atoms with Gasteiger partial charge in [-0.25, -0.2) is 9.67 Å². The number of carbonyl (C=O) groups is 1. The zero-order valence-electron chi connectivity index (χ0n) is 12.1. The first-order chi connectivity index (χ1) is 10.1. The standard InChI is InChI=1S/C14H19N5O2/c1-10(14(20)16-6-7-21-2)19-9-17-13(18-19)11-4-3-5-12(15)8-11/h3-5,8-10H,6-7,15H2,1-2H3,(H,16,20). The average molecular weight is 289 g/mol. The van der Waals surface area contributed by atoms with Crippen molar-refractivity contribution in [2.24, 2.45) is 0 Å². The fourth-order valence-corrected chi connectivity index (χ4v) is 1.82. The molecule has 2 aromatic rings. The maximum absolute atomic E-state index is 11.9. The molecule has 21 heavy (non-hydrogen) atoms. The highest BCUT2D eigenvalue weighted by atomic mass is 16.5. The zero-order chi connectivity index (χ0) is 15.2. The van der Waals surface area contributed by atoms with Crippen molar-refractivity contribution >= 4 is 11.6 Å². The van der Waals surface area contributed by atoms with Crippen LogP contribution in [-0.4, -0.2) is 40.9 Å². The molecule has 0 radical (unpaired) electrons. The number of nitrogen functional groups attached to an aromatic ring is 1. The lowest BCUT2D eigenvalue weighted by molar-refractivity contribution is -0.124. The van der Waals surface area contributed by atoms with Crippen LogP contribution in [0.5, 0.6) is 0 Å². The molecule has 1 unspecified atom stereocenters. The van der Waals surface area contributed by atoms with Gasteiger partial charge in [0.1, 0.15) is 12.4 Å². The summed E-state index contributed by atoms with van der Waals surface area (Å²) in [6.07, 6.45) is 1.54. The number of nitrogens with one attached hydrogen (secondary N) is 1. The van der Waals surface area contributed by atoms with E-state index in [9.17, 15) is 4.79 Å². The van der Waals surface area contributed by atoms with E-state index in [2.05, 4.69) is 15.4 Å². The quantitative estimate of drug-likeness (QED) is 0.607. The summed E-state index contributed by atoms with van der Waals surface area (Å²) in [5.74, 6) is 0.412. The van der Waals surface area contributed by atoms with E-state index in [-0.39, 0.29) is 5.91 Å². The molecule has 2 rings (SSSR count). The highest BCUT2D eigenvalue weighted by Gasteiger charge is 2.16. The number of amides is 1. The van der Waals surface area contributed by atoms with Crippen LogP contribution < -0.4 is 11.1 Å². The summed E-state index contributed by atoms with van der Waals surface area (Å²) in [6.45, 7) is 2.71. The highest BCUT2D eigenvalue weighted by Crippen LogP contribution is 2.18. The minimum absolute atomic E-state index is 0.129. The van der Waals surface area contributed by atoms with Crippen molar-refractivity contribution in [2.75, 3.05) is 26.0 Å². The first-order valence-electron chi connectivity index (χ1n) is 6.65. The van der Waals surface area contributed by atoms with Crippen LogP contribution in [0.2, 0.25) is 0 Å². The van der Waals surface area contributed by atoms with Gasteiger partial charge >= 0.3 is 0 Å². The van der Waals surface area contributed by atoms with Crippen LogP contribution >= 0.6 is 0 Å². The maximum atomic E-state index is 11.9. The Morgan fingerprint density at radius 2 is 2.33 bits per heavy atom. The van der Waals surface area contributed by atoms with Crippen molar-refractivity contribution in [3.05, 3.63) is 30.6 Å². The Morgan fingerprint density at radius 3 is 3.05 bits per heavy atom. The van der Waals surface area contributed by atoms with E-state index in [1.54, 1.807) is 32.5 Å². The first-order valence-corrected chi connectivity index (χ1v) is 6.65. The Hall–Kier alpha value is -2.41. The molecule has 0 saturated carbocycles. The molecule has 0 spiro atoms. The molecule has 1 heterocycles. The van der Waals surface area contributed by atoms with Gasteiger partial charge in [0.05, 0.1) is 6.61 Å². The van der Waals surface area contributed by atoms with Crippen molar-refractivity contribution in [3.63, 3.8) is 0 Å². The van der Waals surface area contributed by atoms with Gasteiger partial charge in [0.25, 0.3) is 0 Å². The molecular weight excluding hydrogens is 270 g/mol. The number of carbonyl (C=O) groups excluding carboxylic acids is 1. The number of anilines is 1.